The average molecular weight is 512 g/mol. The van der Waals surface area contributed by atoms with E-state index in [1.54, 1.807) is 24.3 Å². The second-order valence-corrected chi connectivity index (χ2v) is 8.00. The van der Waals surface area contributed by atoms with Crippen LogP contribution in [0.25, 0.3) is 0 Å². The molecular weight excluding hydrogens is 478 g/mol. The van der Waals surface area contributed by atoms with Gasteiger partial charge in [-0.3, -0.25) is 19.4 Å². The van der Waals surface area contributed by atoms with Gasteiger partial charge >= 0.3 is 5.97 Å². The Morgan fingerprint density at radius 3 is 2.06 bits per heavy atom. The Morgan fingerprint density at radius 2 is 1.51 bits per heavy atom. The molecule has 1 rings (SSSR count). The molecule has 4 atom stereocenters. The van der Waals surface area contributed by atoms with Crippen LogP contribution in [0, 0.1) is 0 Å². The molecule has 35 heavy (non-hydrogen) atoms. The molecule has 0 saturated carbocycles. The Morgan fingerprint density at radius 1 is 0.943 bits per heavy atom. The number of nitrogens with one attached hydrogen (secondary N) is 3. The van der Waals surface area contributed by atoms with Crippen molar-refractivity contribution in [3.63, 3.8) is 0 Å². The van der Waals surface area contributed by atoms with Gasteiger partial charge in [-0.1, -0.05) is 30.3 Å². The van der Waals surface area contributed by atoms with E-state index in [-0.39, 0.29) is 37.5 Å². The molecule has 0 bridgehead atoms. The highest BCUT2D eigenvalue weighted by atomic mass is 32.1. The highest BCUT2D eigenvalue weighted by Crippen LogP contribution is 2.03. The van der Waals surface area contributed by atoms with E-state index >= 15 is 0 Å². The lowest BCUT2D eigenvalue weighted by Crippen LogP contribution is -2.58. The van der Waals surface area contributed by atoms with Crippen molar-refractivity contribution in [3.8, 4) is 0 Å². The number of carbonyl (C=O) groups excluding carboxylic acids is 3. The molecule has 194 valence electrons. The minimum absolute atomic E-state index is 0.0414. The van der Waals surface area contributed by atoms with Gasteiger partial charge in [0.2, 0.25) is 17.7 Å². The lowest BCUT2D eigenvalue weighted by Gasteiger charge is -2.23. The molecule has 0 spiro atoms. The largest absolute Gasteiger partial charge is 0.480 e. The molecule has 0 radical (unpaired) electrons. The molecule has 0 aliphatic rings. The van der Waals surface area contributed by atoms with Gasteiger partial charge in [-0.2, -0.15) is 12.6 Å². The molecule has 3 amide bonds. The summed E-state index contributed by atoms with van der Waals surface area (Å²) in [6.45, 7) is -0.571. The molecule has 13 nitrogen and oxygen atoms in total. The molecule has 1 aromatic carbocycles. The van der Waals surface area contributed by atoms with Gasteiger partial charge in [0.15, 0.2) is 5.96 Å². The number of hydrogen-bond acceptors (Lipinski definition) is 8. The second-order valence-electron chi connectivity index (χ2n) is 7.63. The average Bonchev–Trinajstić information content (AvgIpc) is 2.82. The number of carboxylic acid groups (broad SMARTS) is 1. The lowest BCUT2D eigenvalue weighted by atomic mass is 10.1. The van der Waals surface area contributed by atoms with Gasteiger partial charge in [0, 0.05) is 12.3 Å². The van der Waals surface area contributed by atoms with Crippen LogP contribution in [0.1, 0.15) is 18.4 Å². The van der Waals surface area contributed by atoms with Crippen molar-refractivity contribution in [1.82, 2.24) is 16.0 Å². The molecule has 11 N–H and O–H groups in total. The van der Waals surface area contributed by atoms with Gasteiger partial charge in [0.05, 0.1) is 12.6 Å². The molecule has 0 heterocycles. The Bertz CT molecular complexity index is 882. The predicted octanol–water partition coefficient (Wildman–Crippen LogP) is -2.93. The van der Waals surface area contributed by atoms with Crippen molar-refractivity contribution < 1.29 is 29.4 Å². The first-order chi connectivity index (χ1) is 16.6. The van der Waals surface area contributed by atoms with Crippen molar-refractivity contribution in [1.29, 1.82) is 0 Å². The summed E-state index contributed by atoms with van der Waals surface area (Å²) in [5.41, 5.74) is 17.1. The minimum Gasteiger partial charge on any atom is -0.480 e. The number of nitrogens with zero attached hydrogens (tertiary/aromatic N) is 1. The third-order valence-electron chi connectivity index (χ3n) is 4.83. The van der Waals surface area contributed by atoms with Crippen LogP contribution in [0.15, 0.2) is 35.3 Å². The van der Waals surface area contributed by atoms with Gasteiger partial charge < -0.3 is 43.4 Å². The molecular formula is C21H33N7O6S. The number of carbonyl (C=O) groups is 4. The number of hydrogen-bond donors (Lipinski definition) is 9. The highest BCUT2D eigenvalue weighted by Gasteiger charge is 2.29. The Labute approximate surface area is 208 Å². The number of amides is 3. The van der Waals surface area contributed by atoms with Crippen LogP contribution >= 0.6 is 12.6 Å². The summed E-state index contributed by atoms with van der Waals surface area (Å²) in [5, 5.41) is 25.9. The zero-order valence-electron chi connectivity index (χ0n) is 19.1. The molecule has 0 aliphatic carbocycles. The van der Waals surface area contributed by atoms with E-state index in [9.17, 15) is 29.4 Å². The summed E-state index contributed by atoms with van der Waals surface area (Å²) in [7, 11) is 0. The van der Waals surface area contributed by atoms with E-state index in [4.69, 9.17) is 17.2 Å². The maximum atomic E-state index is 12.6. The number of aliphatic hydroxyl groups is 1. The van der Waals surface area contributed by atoms with Crippen LogP contribution in [0.4, 0.5) is 0 Å². The van der Waals surface area contributed by atoms with Crippen molar-refractivity contribution in [2.45, 2.75) is 43.4 Å². The highest BCUT2D eigenvalue weighted by molar-refractivity contribution is 7.80. The first-order valence-electron chi connectivity index (χ1n) is 10.8. The van der Waals surface area contributed by atoms with Crippen LogP contribution in [-0.2, 0) is 25.6 Å². The number of aliphatic carboxylic acids is 1. The van der Waals surface area contributed by atoms with E-state index in [1.807, 2.05) is 6.07 Å². The smallest absolute Gasteiger partial charge is 0.326 e. The number of benzene rings is 1. The predicted molar refractivity (Wildman–Crippen MR) is 132 cm³/mol. The Hall–Kier alpha value is -3.36. The summed E-state index contributed by atoms with van der Waals surface area (Å²) < 4.78 is 0. The van der Waals surface area contributed by atoms with E-state index in [0.717, 1.165) is 5.56 Å². The summed E-state index contributed by atoms with van der Waals surface area (Å²) in [4.78, 5) is 52.7. The fraction of sp³-hybridized carbons (Fsp3) is 0.476. The van der Waals surface area contributed by atoms with Crippen LogP contribution < -0.4 is 33.2 Å². The quantitative estimate of drug-likeness (QED) is 0.0506. The van der Waals surface area contributed by atoms with Gasteiger partial charge in [0.1, 0.15) is 18.1 Å². The van der Waals surface area contributed by atoms with Crippen molar-refractivity contribution in [3.05, 3.63) is 35.9 Å². The molecule has 0 fully saturated rings. The first-order valence-corrected chi connectivity index (χ1v) is 11.4. The molecule has 14 heteroatoms. The van der Waals surface area contributed by atoms with Crippen LogP contribution in [0.5, 0.6) is 0 Å². The standard InChI is InChI=1S/C21H33N7O6S/c22-13(9-12-5-2-1-3-6-12)17(30)27-15(10-29)18(31)28-16(11-35)19(32)26-14(20(33)34)7-4-8-25-21(23)24/h1-3,5-6,13-16,29,35H,4,7-11,22H2,(H,26,32)(H,27,30)(H,28,31)(H,33,34)(H4,23,24,25). The lowest BCUT2D eigenvalue weighted by molar-refractivity contribution is -0.142. The first kappa shape index (κ1) is 29.7. The fourth-order valence-corrected chi connectivity index (χ4v) is 3.19. The normalized spacial score (nSPS) is 14.0. The maximum Gasteiger partial charge on any atom is 0.326 e. The number of carboxylic acids is 1. The van der Waals surface area contributed by atoms with Crippen LogP contribution in [-0.4, -0.2) is 82.9 Å². The topological polar surface area (TPSA) is 235 Å². The SMILES string of the molecule is NC(N)=NCCCC(NC(=O)C(CS)NC(=O)C(CO)NC(=O)C(N)Cc1ccccc1)C(=O)O. The third kappa shape index (κ3) is 11.1. The summed E-state index contributed by atoms with van der Waals surface area (Å²) >= 11 is 4.03. The molecule has 4 unspecified atom stereocenters. The van der Waals surface area contributed by atoms with Crippen LogP contribution in [0.3, 0.4) is 0 Å². The molecule has 0 aliphatic heterocycles. The van der Waals surface area contributed by atoms with E-state index in [2.05, 4.69) is 33.6 Å². The van der Waals surface area contributed by atoms with Crippen molar-refractivity contribution in [2.75, 3.05) is 18.9 Å². The van der Waals surface area contributed by atoms with Crippen molar-refractivity contribution >= 4 is 42.3 Å². The molecule has 1 aromatic rings. The summed E-state index contributed by atoms with van der Waals surface area (Å²) in [6.07, 6.45) is 0.544. The third-order valence-corrected chi connectivity index (χ3v) is 5.19. The number of aliphatic imine (C=N–C) groups is 1. The van der Waals surface area contributed by atoms with Crippen molar-refractivity contribution in [2.24, 2.45) is 22.2 Å². The fourth-order valence-electron chi connectivity index (χ4n) is 2.93. The minimum atomic E-state index is -1.38. The zero-order valence-corrected chi connectivity index (χ0v) is 20.0. The summed E-state index contributed by atoms with van der Waals surface area (Å²) in [5.74, 6) is -3.91. The van der Waals surface area contributed by atoms with Gasteiger partial charge in [0.25, 0.3) is 0 Å². The maximum absolute atomic E-state index is 12.6. The van der Waals surface area contributed by atoms with Gasteiger partial charge in [-0.15, -0.1) is 0 Å². The van der Waals surface area contributed by atoms with E-state index in [1.165, 1.54) is 0 Å². The number of nitrogens with two attached hydrogens (primary N) is 3. The zero-order chi connectivity index (χ0) is 26.4. The van der Waals surface area contributed by atoms with Crippen LogP contribution in [0.2, 0.25) is 0 Å². The number of guanidine groups is 1. The number of aliphatic hydroxyl groups excluding tert-OH is 1. The second kappa shape index (κ2) is 15.5. The molecule has 0 aromatic heterocycles. The number of thiol groups is 1. The number of rotatable bonds is 15. The monoisotopic (exact) mass is 511 g/mol. The van der Waals surface area contributed by atoms with E-state index in [0.29, 0.717) is 0 Å². The van der Waals surface area contributed by atoms with Gasteiger partial charge in [-0.25, -0.2) is 4.79 Å². The summed E-state index contributed by atoms with van der Waals surface area (Å²) in [6, 6.07) is 4.18. The van der Waals surface area contributed by atoms with Gasteiger partial charge in [-0.05, 0) is 24.8 Å². The molecule has 0 saturated heterocycles. The Kier molecular flexibility index (Phi) is 13.2. The Balaban J connectivity index is 2.68. The van der Waals surface area contributed by atoms with E-state index < -0.39 is 54.5 Å².